The number of fused-ring (bicyclic) bond motifs is 2. The highest BCUT2D eigenvalue weighted by atomic mass is 16.3. The maximum atomic E-state index is 12.1. The summed E-state index contributed by atoms with van der Waals surface area (Å²) in [4.78, 5) is 14.1. The number of piperazine rings is 1. The van der Waals surface area contributed by atoms with Crippen LogP contribution in [0.25, 0.3) is 0 Å². The maximum absolute atomic E-state index is 12.1. The number of hydrogen-bond acceptors (Lipinski definition) is 3. The molecule has 0 aromatic carbocycles. The van der Waals surface area contributed by atoms with Crippen LogP contribution in [0.15, 0.2) is 22.8 Å². The molecule has 1 N–H and O–H groups in total. The molecular formula is C11H14N2O2. The lowest BCUT2D eigenvalue weighted by atomic mass is 10.2. The Morgan fingerprint density at radius 3 is 2.73 bits per heavy atom. The van der Waals surface area contributed by atoms with E-state index in [0.29, 0.717) is 17.8 Å². The van der Waals surface area contributed by atoms with Gasteiger partial charge in [0.25, 0.3) is 5.91 Å². The smallest absolute Gasteiger partial charge is 0.290 e. The Kier molecular flexibility index (Phi) is 2.02. The molecule has 1 amide bonds. The minimum Gasteiger partial charge on any atom is -0.459 e. The van der Waals surface area contributed by atoms with Crippen molar-refractivity contribution in [3.63, 3.8) is 0 Å². The summed E-state index contributed by atoms with van der Waals surface area (Å²) in [5.74, 6) is 0.516. The third kappa shape index (κ3) is 1.36. The van der Waals surface area contributed by atoms with Gasteiger partial charge in [0.05, 0.1) is 6.26 Å². The van der Waals surface area contributed by atoms with E-state index >= 15 is 0 Å². The molecule has 2 aliphatic rings. The van der Waals surface area contributed by atoms with Gasteiger partial charge < -0.3 is 14.6 Å². The average molecular weight is 206 g/mol. The van der Waals surface area contributed by atoms with Gasteiger partial charge in [0, 0.05) is 25.2 Å². The van der Waals surface area contributed by atoms with E-state index in [1.165, 1.54) is 0 Å². The van der Waals surface area contributed by atoms with Gasteiger partial charge in [0.1, 0.15) is 0 Å². The predicted octanol–water partition coefficient (Wildman–Crippen LogP) is 0.856. The Morgan fingerprint density at radius 2 is 2.13 bits per heavy atom. The van der Waals surface area contributed by atoms with E-state index in [2.05, 4.69) is 5.32 Å². The van der Waals surface area contributed by atoms with Crippen LogP contribution in [0.1, 0.15) is 23.4 Å². The van der Waals surface area contributed by atoms with Crippen LogP contribution < -0.4 is 5.32 Å². The monoisotopic (exact) mass is 206 g/mol. The van der Waals surface area contributed by atoms with Gasteiger partial charge in [-0.15, -0.1) is 0 Å². The molecule has 0 unspecified atom stereocenters. The van der Waals surface area contributed by atoms with Crippen molar-refractivity contribution in [3.8, 4) is 0 Å². The average Bonchev–Trinajstić information content (AvgIpc) is 2.85. The molecule has 4 heteroatoms. The summed E-state index contributed by atoms with van der Waals surface area (Å²) in [7, 11) is 0. The Balaban J connectivity index is 1.85. The highest BCUT2D eigenvalue weighted by molar-refractivity contribution is 5.92. The van der Waals surface area contributed by atoms with Gasteiger partial charge >= 0.3 is 0 Å². The molecule has 0 spiro atoms. The van der Waals surface area contributed by atoms with E-state index in [9.17, 15) is 4.79 Å². The number of nitrogens with zero attached hydrogens (tertiary/aromatic N) is 1. The summed E-state index contributed by atoms with van der Waals surface area (Å²) >= 11 is 0. The Labute approximate surface area is 88.2 Å². The summed E-state index contributed by atoms with van der Waals surface area (Å²) in [6.45, 7) is 1.84. The second-order valence-electron chi connectivity index (χ2n) is 4.23. The van der Waals surface area contributed by atoms with Crippen molar-refractivity contribution >= 4 is 5.91 Å². The highest BCUT2D eigenvalue weighted by Gasteiger charge is 2.40. The van der Waals surface area contributed by atoms with Gasteiger partial charge in [-0.25, -0.2) is 0 Å². The molecule has 4 nitrogen and oxygen atoms in total. The fourth-order valence-corrected chi connectivity index (χ4v) is 2.64. The van der Waals surface area contributed by atoms with Crippen molar-refractivity contribution in [1.29, 1.82) is 0 Å². The minimum atomic E-state index is 0.0500. The van der Waals surface area contributed by atoms with E-state index in [4.69, 9.17) is 4.42 Å². The van der Waals surface area contributed by atoms with E-state index in [1.54, 1.807) is 18.4 Å². The zero-order chi connectivity index (χ0) is 10.3. The third-order valence-electron chi connectivity index (χ3n) is 3.35. The van der Waals surface area contributed by atoms with Crippen molar-refractivity contribution in [2.45, 2.75) is 24.9 Å². The molecule has 15 heavy (non-hydrogen) atoms. The largest absolute Gasteiger partial charge is 0.459 e. The lowest BCUT2D eigenvalue weighted by molar-refractivity contribution is 0.0587. The van der Waals surface area contributed by atoms with Gasteiger partial charge in [-0.3, -0.25) is 4.79 Å². The number of carbonyl (C=O) groups is 1. The van der Waals surface area contributed by atoms with E-state index in [-0.39, 0.29) is 5.91 Å². The first-order valence-electron chi connectivity index (χ1n) is 5.43. The van der Waals surface area contributed by atoms with Crippen molar-refractivity contribution in [2.24, 2.45) is 0 Å². The molecule has 3 rings (SSSR count). The second kappa shape index (κ2) is 3.38. The second-order valence-corrected chi connectivity index (χ2v) is 4.23. The van der Waals surface area contributed by atoms with Crippen LogP contribution >= 0.6 is 0 Å². The topological polar surface area (TPSA) is 45.5 Å². The maximum Gasteiger partial charge on any atom is 0.290 e. The zero-order valence-corrected chi connectivity index (χ0v) is 8.48. The summed E-state index contributed by atoms with van der Waals surface area (Å²) in [5.41, 5.74) is 0. The van der Waals surface area contributed by atoms with Crippen LogP contribution in [-0.2, 0) is 0 Å². The normalized spacial score (nSPS) is 29.5. The molecule has 2 fully saturated rings. The van der Waals surface area contributed by atoms with Crippen LogP contribution in [0.5, 0.6) is 0 Å². The van der Waals surface area contributed by atoms with E-state index in [1.807, 2.05) is 4.90 Å². The fraction of sp³-hybridized carbons (Fsp3) is 0.545. The van der Waals surface area contributed by atoms with Gasteiger partial charge in [0.2, 0.25) is 0 Å². The summed E-state index contributed by atoms with van der Waals surface area (Å²) in [5, 5.41) is 3.35. The number of amides is 1. The highest BCUT2D eigenvalue weighted by Crippen LogP contribution is 2.28. The SMILES string of the molecule is O=C(c1ccco1)N1[C@H]2CC[C@H]1CNC2. The lowest BCUT2D eigenvalue weighted by Gasteiger charge is -2.34. The summed E-state index contributed by atoms with van der Waals surface area (Å²) < 4.78 is 5.16. The van der Waals surface area contributed by atoms with Gasteiger partial charge in [-0.1, -0.05) is 0 Å². The first-order valence-corrected chi connectivity index (χ1v) is 5.43. The first-order chi connectivity index (χ1) is 7.36. The number of furan rings is 1. The van der Waals surface area contributed by atoms with Crippen LogP contribution in [0, 0.1) is 0 Å². The molecule has 2 atom stereocenters. The third-order valence-corrected chi connectivity index (χ3v) is 3.35. The van der Waals surface area contributed by atoms with Crippen molar-refractivity contribution < 1.29 is 9.21 Å². The Hall–Kier alpha value is -1.29. The molecule has 0 saturated carbocycles. The lowest BCUT2D eigenvalue weighted by Crippen LogP contribution is -2.54. The molecule has 0 aliphatic carbocycles. The van der Waals surface area contributed by atoms with E-state index < -0.39 is 0 Å². The van der Waals surface area contributed by atoms with Crippen molar-refractivity contribution in [3.05, 3.63) is 24.2 Å². The van der Waals surface area contributed by atoms with Crippen molar-refractivity contribution in [1.82, 2.24) is 10.2 Å². The van der Waals surface area contributed by atoms with Crippen molar-refractivity contribution in [2.75, 3.05) is 13.1 Å². The molecule has 80 valence electrons. The minimum absolute atomic E-state index is 0.0500. The van der Waals surface area contributed by atoms with Crippen LogP contribution in [0.2, 0.25) is 0 Å². The van der Waals surface area contributed by atoms with Crippen LogP contribution in [0.4, 0.5) is 0 Å². The van der Waals surface area contributed by atoms with Crippen LogP contribution in [0.3, 0.4) is 0 Å². The standard InChI is InChI=1S/C11H14N2O2/c14-11(10-2-1-5-15-10)13-8-3-4-9(13)7-12-6-8/h1-2,5,8-9,12H,3-4,6-7H2/t8-,9-/m0/s1. The molecule has 1 aromatic heterocycles. The van der Waals surface area contributed by atoms with E-state index in [0.717, 1.165) is 25.9 Å². The molecule has 1 aromatic rings. The van der Waals surface area contributed by atoms with Crippen LogP contribution in [-0.4, -0.2) is 36.0 Å². The summed E-state index contributed by atoms with van der Waals surface area (Å²) in [6, 6.07) is 4.23. The Morgan fingerprint density at radius 1 is 1.40 bits per heavy atom. The molecular weight excluding hydrogens is 192 g/mol. The predicted molar refractivity (Wildman–Crippen MR) is 54.6 cm³/mol. The fourth-order valence-electron chi connectivity index (χ4n) is 2.64. The molecule has 2 bridgehead atoms. The number of rotatable bonds is 1. The first kappa shape index (κ1) is 8.97. The molecule has 0 radical (unpaired) electrons. The molecule has 3 heterocycles. The molecule has 2 saturated heterocycles. The van der Waals surface area contributed by atoms with Gasteiger partial charge in [0.15, 0.2) is 5.76 Å². The quantitative estimate of drug-likeness (QED) is 0.741. The zero-order valence-electron chi connectivity index (χ0n) is 8.48. The van der Waals surface area contributed by atoms with Gasteiger partial charge in [-0.05, 0) is 25.0 Å². The summed E-state index contributed by atoms with van der Waals surface area (Å²) in [6.07, 6.45) is 3.78. The molecule has 2 aliphatic heterocycles. The number of nitrogens with one attached hydrogen (secondary N) is 1. The number of hydrogen-bond donors (Lipinski definition) is 1. The Bertz CT molecular complexity index is 345. The number of carbonyl (C=O) groups excluding carboxylic acids is 1. The van der Waals surface area contributed by atoms with Gasteiger partial charge in [-0.2, -0.15) is 0 Å².